The number of hydrogen-bond donors (Lipinski definition) is 6. The lowest BCUT2D eigenvalue weighted by molar-refractivity contribution is -0.147. The van der Waals surface area contributed by atoms with Crippen molar-refractivity contribution in [1.29, 1.82) is 0 Å². The van der Waals surface area contributed by atoms with Crippen LogP contribution in [0.25, 0.3) is 0 Å². The second kappa shape index (κ2) is 13.2. The zero-order chi connectivity index (χ0) is 26.8. The van der Waals surface area contributed by atoms with E-state index in [1.165, 1.54) is 4.90 Å². The first-order chi connectivity index (χ1) is 17.0. The van der Waals surface area contributed by atoms with Crippen molar-refractivity contribution in [2.24, 2.45) is 11.5 Å². The van der Waals surface area contributed by atoms with Crippen molar-refractivity contribution in [3.63, 3.8) is 0 Å². The van der Waals surface area contributed by atoms with Crippen molar-refractivity contribution in [3.8, 4) is 0 Å². The van der Waals surface area contributed by atoms with Crippen LogP contribution < -0.4 is 22.1 Å². The van der Waals surface area contributed by atoms with E-state index in [1.54, 1.807) is 30.3 Å². The van der Waals surface area contributed by atoms with Gasteiger partial charge in [0.25, 0.3) is 0 Å². The zero-order valence-corrected chi connectivity index (χ0v) is 19.6. The number of aliphatic carboxylic acids is 2. The van der Waals surface area contributed by atoms with E-state index < -0.39 is 66.2 Å². The number of carboxylic acid groups (broad SMARTS) is 2. The third kappa shape index (κ3) is 8.34. The first-order valence-corrected chi connectivity index (χ1v) is 11.4. The van der Waals surface area contributed by atoms with Crippen LogP contribution in [-0.4, -0.2) is 81.4 Å². The molecule has 1 heterocycles. The quantitative estimate of drug-likeness (QED) is 0.180. The predicted octanol–water partition coefficient (Wildman–Crippen LogP) is -1.66. The molecular formula is C23H31N5O8. The first kappa shape index (κ1) is 28.2. The minimum absolute atomic E-state index is 0.00336. The molecule has 4 atom stereocenters. The number of nitrogens with one attached hydrogen (secondary N) is 2. The Labute approximate surface area is 207 Å². The highest BCUT2D eigenvalue weighted by Gasteiger charge is 2.38. The molecule has 0 radical (unpaired) electrons. The molecule has 0 aromatic heterocycles. The molecular weight excluding hydrogens is 474 g/mol. The summed E-state index contributed by atoms with van der Waals surface area (Å²) in [7, 11) is 0. The molecule has 0 saturated carbocycles. The summed E-state index contributed by atoms with van der Waals surface area (Å²) in [6.45, 7) is 0.260. The van der Waals surface area contributed by atoms with Gasteiger partial charge in [-0.3, -0.25) is 24.0 Å². The van der Waals surface area contributed by atoms with Gasteiger partial charge in [0.2, 0.25) is 23.6 Å². The number of carbonyl (C=O) groups is 6. The van der Waals surface area contributed by atoms with Gasteiger partial charge >= 0.3 is 11.9 Å². The number of carboxylic acids is 2. The minimum Gasteiger partial charge on any atom is -0.481 e. The van der Waals surface area contributed by atoms with Crippen molar-refractivity contribution in [2.75, 3.05) is 6.54 Å². The Bertz CT molecular complexity index is 986. The van der Waals surface area contributed by atoms with Gasteiger partial charge in [0, 0.05) is 19.4 Å². The van der Waals surface area contributed by atoms with Crippen LogP contribution in [0.1, 0.15) is 37.7 Å². The van der Waals surface area contributed by atoms with Crippen molar-refractivity contribution in [2.45, 2.75) is 62.7 Å². The van der Waals surface area contributed by atoms with E-state index in [0.717, 1.165) is 0 Å². The summed E-state index contributed by atoms with van der Waals surface area (Å²) in [4.78, 5) is 73.6. The van der Waals surface area contributed by atoms with E-state index in [0.29, 0.717) is 18.4 Å². The van der Waals surface area contributed by atoms with Crippen LogP contribution >= 0.6 is 0 Å². The molecule has 0 aliphatic carbocycles. The Kier molecular flexibility index (Phi) is 10.3. The van der Waals surface area contributed by atoms with Crippen LogP contribution in [0.2, 0.25) is 0 Å². The van der Waals surface area contributed by atoms with Crippen molar-refractivity contribution in [1.82, 2.24) is 15.5 Å². The van der Waals surface area contributed by atoms with E-state index in [-0.39, 0.29) is 25.8 Å². The van der Waals surface area contributed by atoms with Crippen molar-refractivity contribution >= 4 is 35.6 Å². The monoisotopic (exact) mass is 505 g/mol. The summed E-state index contributed by atoms with van der Waals surface area (Å²) in [5.41, 5.74) is 11.7. The third-order valence-electron chi connectivity index (χ3n) is 5.77. The average Bonchev–Trinajstić information content (AvgIpc) is 3.31. The lowest BCUT2D eigenvalue weighted by Crippen LogP contribution is -2.57. The largest absolute Gasteiger partial charge is 0.481 e. The molecule has 13 nitrogen and oxygen atoms in total. The number of benzene rings is 1. The number of nitrogens with zero attached hydrogens (tertiary/aromatic N) is 1. The Morgan fingerprint density at radius 2 is 1.69 bits per heavy atom. The van der Waals surface area contributed by atoms with Crippen LogP contribution in [-0.2, 0) is 35.2 Å². The molecule has 1 aromatic rings. The van der Waals surface area contributed by atoms with Crippen LogP contribution in [0.5, 0.6) is 0 Å². The van der Waals surface area contributed by atoms with Crippen LogP contribution in [0.15, 0.2) is 30.3 Å². The van der Waals surface area contributed by atoms with Gasteiger partial charge < -0.3 is 37.2 Å². The Morgan fingerprint density at radius 3 is 2.28 bits per heavy atom. The zero-order valence-electron chi connectivity index (χ0n) is 19.6. The van der Waals surface area contributed by atoms with Gasteiger partial charge in [0.05, 0.1) is 12.5 Å². The summed E-state index contributed by atoms with van der Waals surface area (Å²) < 4.78 is 0. The molecule has 1 aliphatic rings. The normalized spacial score (nSPS) is 17.5. The molecule has 196 valence electrons. The molecule has 36 heavy (non-hydrogen) atoms. The molecule has 4 unspecified atom stereocenters. The fourth-order valence-electron chi connectivity index (χ4n) is 3.91. The van der Waals surface area contributed by atoms with Gasteiger partial charge in [-0.05, 0) is 24.8 Å². The maximum Gasteiger partial charge on any atom is 0.326 e. The molecule has 0 bridgehead atoms. The van der Waals surface area contributed by atoms with E-state index in [4.69, 9.17) is 16.6 Å². The van der Waals surface area contributed by atoms with E-state index in [9.17, 15) is 33.9 Å². The molecule has 1 aromatic carbocycles. The van der Waals surface area contributed by atoms with Gasteiger partial charge in [0.15, 0.2) is 0 Å². The topological polar surface area (TPSA) is 222 Å². The second-order valence-electron chi connectivity index (χ2n) is 8.55. The average molecular weight is 506 g/mol. The van der Waals surface area contributed by atoms with Gasteiger partial charge in [-0.25, -0.2) is 4.79 Å². The number of rotatable bonds is 13. The van der Waals surface area contributed by atoms with Crippen molar-refractivity contribution in [3.05, 3.63) is 35.9 Å². The maximum atomic E-state index is 13.1. The number of primary amides is 1. The van der Waals surface area contributed by atoms with Crippen molar-refractivity contribution < 1.29 is 39.0 Å². The minimum atomic E-state index is -1.70. The molecule has 4 amide bonds. The summed E-state index contributed by atoms with van der Waals surface area (Å²) in [6.07, 6.45) is -0.0772. The fraction of sp³-hybridized carbons (Fsp3) is 0.478. The summed E-state index contributed by atoms with van der Waals surface area (Å²) >= 11 is 0. The van der Waals surface area contributed by atoms with Crippen LogP contribution in [0.4, 0.5) is 0 Å². The van der Waals surface area contributed by atoms with Gasteiger partial charge in [-0.2, -0.15) is 0 Å². The highest BCUT2D eigenvalue weighted by Crippen LogP contribution is 2.19. The van der Waals surface area contributed by atoms with E-state index >= 15 is 0 Å². The first-order valence-electron chi connectivity index (χ1n) is 11.4. The predicted molar refractivity (Wildman–Crippen MR) is 125 cm³/mol. The summed E-state index contributed by atoms with van der Waals surface area (Å²) in [5, 5.41) is 23.0. The van der Waals surface area contributed by atoms with Gasteiger partial charge in [-0.1, -0.05) is 30.3 Å². The summed E-state index contributed by atoms with van der Waals surface area (Å²) in [6, 6.07) is 3.74. The fourth-order valence-corrected chi connectivity index (χ4v) is 3.91. The molecule has 1 saturated heterocycles. The molecule has 1 aliphatic heterocycles. The summed E-state index contributed by atoms with van der Waals surface area (Å²) in [5.74, 6) is -5.59. The number of carbonyl (C=O) groups excluding carboxylic acids is 4. The Hall–Kier alpha value is -4.00. The lowest BCUT2D eigenvalue weighted by Gasteiger charge is -2.28. The molecule has 1 fully saturated rings. The highest BCUT2D eigenvalue weighted by atomic mass is 16.4. The molecule has 8 N–H and O–H groups in total. The smallest absolute Gasteiger partial charge is 0.326 e. The third-order valence-corrected chi connectivity index (χ3v) is 5.77. The van der Waals surface area contributed by atoms with E-state index in [2.05, 4.69) is 10.6 Å². The van der Waals surface area contributed by atoms with E-state index in [1.807, 2.05) is 0 Å². The molecule has 2 rings (SSSR count). The molecule has 0 spiro atoms. The Morgan fingerprint density at radius 1 is 1.03 bits per heavy atom. The number of nitrogens with two attached hydrogens (primary N) is 2. The number of likely N-dealkylation sites (tertiary alicyclic amines) is 1. The molecule has 13 heteroatoms. The maximum absolute atomic E-state index is 13.1. The SMILES string of the molecule is NC(=O)CCC(N)C(=O)N1CCCC1C(=O)NC(Cc1ccccc1)C(=O)NC(CC(=O)O)C(=O)O. The second-order valence-corrected chi connectivity index (χ2v) is 8.55. The van der Waals surface area contributed by atoms with Gasteiger partial charge in [0.1, 0.15) is 18.1 Å². The van der Waals surface area contributed by atoms with Crippen LogP contribution in [0.3, 0.4) is 0 Å². The standard InChI is InChI=1S/C23H31N5O8/c24-14(8-9-18(25)29)22(34)28-10-4-7-17(28)21(33)26-15(11-13-5-2-1-3-6-13)20(32)27-16(23(35)36)12-19(30)31/h1-3,5-6,14-17H,4,7-12,24H2,(H2,25,29)(H,26,33)(H,27,32)(H,30,31)(H,35,36). The highest BCUT2D eigenvalue weighted by molar-refractivity contribution is 5.95. The lowest BCUT2D eigenvalue weighted by atomic mass is 10.0. The van der Waals surface area contributed by atoms with Crippen LogP contribution in [0, 0.1) is 0 Å². The number of hydrogen-bond acceptors (Lipinski definition) is 7. The Balaban J connectivity index is 2.17. The number of amides is 4. The van der Waals surface area contributed by atoms with Gasteiger partial charge in [-0.15, -0.1) is 0 Å².